The molecule has 2 aromatic rings. The largest absolute Gasteiger partial charge is 0.383 e. The van der Waals surface area contributed by atoms with Crippen LogP contribution in [0.15, 0.2) is 9.59 Å². The predicted molar refractivity (Wildman–Crippen MR) is 119 cm³/mol. The number of aryl methyl sites for hydroxylation is 1. The van der Waals surface area contributed by atoms with Crippen molar-refractivity contribution in [2.45, 2.75) is 84.3 Å². The van der Waals surface area contributed by atoms with Crippen molar-refractivity contribution in [3.8, 4) is 0 Å². The van der Waals surface area contributed by atoms with Gasteiger partial charge in [-0.2, -0.15) is 0 Å². The second-order valence-electron chi connectivity index (χ2n) is 8.86. The highest BCUT2D eigenvalue weighted by Crippen LogP contribution is 2.18. The van der Waals surface area contributed by atoms with Crippen molar-refractivity contribution in [2.75, 3.05) is 13.7 Å². The molecule has 3 rings (SSSR count). The standard InChI is InChI=1S/C22H35N5O4/c1-15(2)14-27-20-19(21(29)25-22(27)30)26(12-13-31-3)17(24-20)10-11-18(28)23-16-8-6-4-5-7-9-16/h15-16H,4-14H2,1-3H3,(H,23,28)(H,25,29,30). The van der Waals surface area contributed by atoms with Crippen LogP contribution < -0.4 is 16.6 Å². The highest BCUT2D eigenvalue weighted by atomic mass is 16.5. The summed E-state index contributed by atoms with van der Waals surface area (Å²) in [7, 11) is 1.60. The molecule has 31 heavy (non-hydrogen) atoms. The molecule has 0 unspecified atom stereocenters. The molecule has 1 saturated carbocycles. The Morgan fingerprint density at radius 1 is 1.19 bits per heavy atom. The zero-order chi connectivity index (χ0) is 22.4. The number of methoxy groups -OCH3 is 1. The maximum absolute atomic E-state index is 12.6. The van der Waals surface area contributed by atoms with Crippen LogP contribution in [-0.4, -0.2) is 44.8 Å². The molecule has 1 aliphatic rings. The molecule has 0 radical (unpaired) electrons. The van der Waals surface area contributed by atoms with Crippen molar-refractivity contribution >= 4 is 17.1 Å². The minimum atomic E-state index is -0.460. The quantitative estimate of drug-likeness (QED) is 0.587. The van der Waals surface area contributed by atoms with Gasteiger partial charge in [-0.05, 0) is 18.8 Å². The summed E-state index contributed by atoms with van der Waals surface area (Å²) in [6.45, 7) is 5.29. The number of H-pyrrole nitrogens is 1. The van der Waals surface area contributed by atoms with E-state index in [9.17, 15) is 14.4 Å². The number of amides is 1. The predicted octanol–water partition coefficient (Wildman–Crippen LogP) is 1.96. The summed E-state index contributed by atoms with van der Waals surface area (Å²) in [5, 5.41) is 3.16. The van der Waals surface area contributed by atoms with Gasteiger partial charge in [0.05, 0.1) is 6.61 Å². The molecule has 9 heteroatoms. The van der Waals surface area contributed by atoms with Gasteiger partial charge in [-0.1, -0.05) is 39.5 Å². The Bertz CT molecular complexity index is 996. The second-order valence-corrected chi connectivity index (χ2v) is 8.86. The third kappa shape index (κ3) is 5.84. The van der Waals surface area contributed by atoms with Crippen molar-refractivity contribution in [2.24, 2.45) is 5.92 Å². The molecule has 2 aromatic heterocycles. The van der Waals surface area contributed by atoms with Crippen molar-refractivity contribution in [3.63, 3.8) is 0 Å². The first-order valence-corrected chi connectivity index (χ1v) is 11.4. The fourth-order valence-corrected chi connectivity index (χ4v) is 4.32. The lowest BCUT2D eigenvalue weighted by atomic mass is 10.1. The molecule has 0 aliphatic heterocycles. The zero-order valence-electron chi connectivity index (χ0n) is 18.9. The number of nitrogens with zero attached hydrogens (tertiary/aromatic N) is 3. The van der Waals surface area contributed by atoms with Crippen LogP contribution in [0.4, 0.5) is 0 Å². The lowest BCUT2D eigenvalue weighted by molar-refractivity contribution is -0.121. The first-order valence-electron chi connectivity index (χ1n) is 11.4. The van der Waals surface area contributed by atoms with Gasteiger partial charge in [0.1, 0.15) is 5.82 Å². The fourth-order valence-electron chi connectivity index (χ4n) is 4.32. The number of carbonyl (C=O) groups is 1. The molecule has 0 spiro atoms. The van der Waals surface area contributed by atoms with Gasteiger partial charge in [-0.25, -0.2) is 9.78 Å². The van der Waals surface area contributed by atoms with Gasteiger partial charge in [0, 0.05) is 39.1 Å². The molecule has 1 amide bonds. The Hall–Kier alpha value is -2.42. The summed E-state index contributed by atoms with van der Waals surface area (Å²) in [6.07, 6.45) is 7.56. The number of nitrogens with one attached hydrogen (secondary N) is 2. The Morgan fingerprint density at radius 2 is 1.90 bits per heavy atom. The van der Waals surface area contributed by atoms with Gasteiger partial charge in [-0.3, -0.25) is 19.1 Å². The molecular weight excluding hydrogens is 398 g/mol. The summed E-state index contributed by atoms with van der Waals surface area (Å²) in [5.41, 5.74) is -0.188. The van der Waals surface area contributed by atoms with Crippen LogP contribution in [0.3, 0.4) is 0 Å². The molecular formula is C22H35N5O4. The van der Waals surface area contributed by atoms with Crippen LogP contribution in [0, 0.1) is 5.92 Å². The Balaban J connectivity index is 1.86. The van der Waals surface area contributed by atoms with Crippen LogP contribution in [0.2, 0.25) is 0 Å². The first kappa shape index (κ1) is 23.2. The fraction of sp³-hybridized carbons (Fsp3) is 0.727. The highest BCUT2D eigenvalue weighted by molar-refractivity contribution is 5.77. The van der Waals surface area contributed by atoms with E-state index in [1.807, 2.05) is 13.8 Å². The molecule has 1 aliphatic carbocycles. The number of imidazole rings is 1. The van der Waals surface area contributed by atoms with Gasteiger partial charge in [0.15, 0.2) is 11.2 Å². The maximum atomic E-state index is 12.6. The average Bonchev–Trinajstić information content (AvgIpc) is 2.88. The van der Waals surface area contributed by atoms with Gasteiger partial charge < -0.3 is 14.6 Å². The Kier molecular flexibility index (Phi) is 8.06. The number of ether oxygens (including phenoxy) is 1. The third-order valence-corrected chi connectivity index (χ3v) is 5.83. The molecule has 2 heterocycles. The maximum Gasteiger partial charge on any atom is 0.330 e. The highest BCUT2D eigenvalue weighted by Gasteiger charge is 2.20. The second kappa shape index (κ2) is 10.7. The number of rotatable bonds is 9. The van der Waals surface area contributed by atoms with Crippen LogP contribution >= 0.6 is 0 Å². The number of aromatic nitrogens is 4. The van der Waals surface area contributed by atoms with Crippen LogP contribution in [0.5, 0.6) is 0 Å². The monoisotopic (exact) mass is 433 g/mol. The molecule has 1 fully saturated rings. The minimum absolute atomic E-state index is 0.00530. The van der Waals surface area contributed by atoms with E-state index in [1.165, 1.54) is 17.4 Å². The molecule has 0 saturated heterocycles. The van der Waals surface area contributed by atoms with E-state index in [4.69, 9.17) is 4.74 Å². The Labute approximate surface area is 182 Å². The van der Waals surface area contributed by atoms with Crippen LogP contribution in [-0.2, 0) is 29.0 Å². The molecule has 9 nitrogen and oxygen atoms in total. The molecule has 0 atom stereocenters. The molecule has 172 valence electrons. The zero-order valence-corrected chi connectivity index (χ0v) is 18.9. The summed E-state index contributed by atoms with van der Waals surface area (Å²) < 4.78 is 8.51. The van der Waals surface area contributed by atoms with E-state index >= 15 is 0 Å². The van der Waals surface area contributed by atoms with E-state index in [1.54, 1.807) is 11.7 Å². The minimum Gasteiger partial charge on any atom is -0.383 e. The summed E-state index contributed by atoms with van der Waals surface area (Å²) in [5.74, 6) is 0.840. The number of carbonyl (C=O) groups excluding carboxylic acids is 1. The third-order valence-electron chi connectivity index (χ3n) is 5.83. The summed E-state index contributed by atoms with van der Waals surface area (Å²) in [6, 6.07) is 0.251. The Morgan fingerprint density at radius 3 is 2.55 bits per heavy atom. The van der Waals surface area contributed by atoms with Gasteiger partial charge in [0.25, 0.3) is 5.56 Å². The first-order chi connectivity index (χ1) is 14.9. The normalized spacial score (nSPS) is 15.5. The van der Waals surface area contributed by atoms with Crippen molar-refractivity contribution in [3.05, 3.63) is 26.7 Å². The van der Waals surface area contributed by atoms with E-state index in [0.717, 1.165) is 25.7 Å². The number of hydrogen-bond acceptors (Lipinski definition) is 5. The lowest BCUT2D eigenvalue weighted by Gasteiger charge is -2.16. The number of hydrogen-bond donors (Lipinski definition) is 2. The van der Waals surface area contributed by atoms with E-state index < -0.39 is 11.2 Å². The van der Waals surface area contributed by atoms with Crippen LogP contribution in [0.1, 0.15) is 64.6 Å². The van der Waals surface area contributed by atoms with E-state index in [2.05, 4.69) is 15.3 Å². The SMILES string of the molecule is COCCn1c(CCC(=O)NC2CCCCCC2)nc2c1c(=O)[nH]c(=O)n2CC(C)C. The van der Waals surface area contributed by atoms with Gasteiger partial charge in [0.2, 0.25) is 5.91 Å². The number of fused-ring (bicyclic) bond motifs is 1. The van der Waals surface area contributed by atoms with Crippen molar-refractivity contribution < 1.29 is 9.53 Å². The summed E-state index contributed by atoms with van der Waals surface area (Å²) >= 11 is 0. The number of aromatic amines is 1. The van der Waals surface area contributed by atoms with E-state index in [-0.39, 0.29) is 17.9 Å². The van der Waals surface area contributed by atoms with Gasteiger partial charge >= 0.3 is 5.69 Å². The lowest BCUT2D eigenvalue weighted by Crippen LogP contribution is -2.34. The van der Waals surface area contributed by atoms with Crippen LogP contribution in [0.25, 0.3) is 11.2 Å². The molecule has 0 bridgehead atoms. The van der Waals surface area contributed by atoms with E-state index in [0.29, 0.717) is 49.5 Å². The van der Waals surface area contributed by atoms with Crippen molar-refractivity contribution in [1.29, 1.82) is 0 Å². The molecule has 0 aromatic carbocycles. The van der Waals surface area contributed by atoms with Gasteiger partial charge in [-0.15, -0.1) is 0 Å². The molecule has 2 N–H and O–H groups in total. The summed E-state index contributed by atoms with van der Waals surface area (Å²) in [4.78, 5) is 44.7. The van der Waals surface area contributed by atoms with Crippen molar-refractivity contribution in [1.82, 2.24) is 24.4 Å². The smallest absolute Gasteiger partial charge is 0.330 e. The average molecular weight is 434 g/mol. The topological polar surface area (TPSA) is 111 Å².